The van der Waals surface area contributed by atoms with E-state index in [-0.39, 0.29) is 30.2 Å². The van der Waals surface area contributed by atoms with Crippen LogP contribution >= 0.6 is 0 Å². The number of aliphatic hydroxyl groups excluding tert-OH is 1. The van der Waals surface area contributed by atoms with Crippen molar-refractivity contribution in [1.29, 1.82) is 5.26 Å². The van der Waals surface area contributed by atoms with Gasteiger partial charge in [0.25, 0.3) is 5.56 Å². The van der Waals surface area contributed by atoms with Crippen molar-refractivity contribution in [2.75, 3.05) is 23.4 Å². The number of nitrogens with zero attached hydrogens (tertiary/aromatic N) is 5. The van der Waals surface area contributed by atoms with Gasteiger partial charge in [0.05, 0.1) is 23.6 Å². The highest BCUT2D eigenvalue weighted by Gasteiger charge is 2.44. The van der Waals surface area contributed by atoms with E-state index in [1.54, 1.807) is 58.4 Å². The summed E-state index contributed by atoms with van der Waals surface area (Å²) in [5, 5.41) is 23.3. The number of benzene rings is 1. The lowest BCUT2D eigenvalue weighted by atomic mass is 9.83. The summed E-state index contributed by atoms with van der Waals surface area (Å²) in [7, 11) is 1.67. The average Bonchev–Trinajstić information content (AvgIpc) is 3.14. The SMILES string of the molecule is Cc1cc(Nc2nccc(-c3cc(C#N)c4c(c3)C(C)(CO)CN4C(=O)OC(C)(C)C)n2)c(=O)n(C)c1. The van der Waals surface area contributed by atoms with E-state index < -0.39 is 17.1 Å². The van der Waals surface area contributed by atoms with Crippen LogP contribution in [0, 0.1) is 18.3 Å². The Morgan fingerprint density at radius 2 is 2.05 bits per heavy atom. The Bertz CT molecular complexity index is 1480. The van der Waals surface area contributed by atoms with E-state index in [4.69, 9.17) is 4.74 Å². The van der Waals surface area contributed by atoms with Crippen LogP contribution in [0.4, 0.5) is 22.1 Å². The summed E-state index contributed by atoms with van der Waals surface area (Å²) in [4.78, 5) is 35.7. The number of amides is 1. The van der Waals surface area contributed by atoms with Gasteiger partial charge < -0.3 is 19.7 Å². The van der Waals surface area contributed by atoms with E-state index >= 15 is 0 Å². The summed E-state index contributed by atoms with van der Waals surface area (Å²) in [6.07, 6.45) is 2.71. The molecule has 1 atom stereocenters. The predicted molar refractivity (Wildman–Crippen MR) is 140 cm³/mol. The monoisotopic (exact) mass is 502 g/mol. The maximum atomic E-state index is 13.0. The maximum absolute atomic E-state index is 13.0. The first-order valence-corrected chi connectivity index (χ1v) is 11.8. The van der Waals surface area contributed by atoms with Crippen LogP contribution in [0.15, 0.2) is 41.5 Å². The van der Waals surface area contributed by atoms with Gasteiger partial charge in [-0.1, -0.05) is 6.92 Å². The maximum Gasteiger partial charge on any atom is 0.414 e. The molecule has 10 nitrogen and oxygen atoms in total. The molecule has 1 aromatic carbocycles. The van der Waals surface area contributed by atoms with E-state index in [0.717, 1.165) is 5.56 Å². The zero-order chi connectivity index (χ0) is 27.1. The van der Waals surface area contributed by atoms with Crippen LogP contribution in [0.25, 0.3) is 11.3 Å². The number of hydrogen-bond acceptors (Lipinski definition) is 8. The Kier molecular flexibility index (Phi) is 6.52. The van der Waals surface area contributed by atoms with Crippen molar-refractivity contribution in [3.8, 4) is 17.3 Å². The summed E-state index contributed by atoms with van der Waals surface area (Å²) in [5.74, 6) is 0.222. The number of fused-ring (bicyclic) bond motifs is 1. The molecule has 2 N–H and O–H groups in total. The molecule has 37 heavy (non-hydrogen) atoms. The summed E-state index contributed by atoms with van der Waals surface area (Å²) in [5.41, 5.74) is 1.95. The van der Waals surface area contributed by atoms with E-state index in [2.05, 4.69) is 21.4 Å². The second-order valence-electron chi connectivity index (χ2n) is 10.6. The molecule has 3 heterocycles. The molecule has 1 unspecified atom stereocenters. The van der Waals surface area contributed by atoms with E-state index in [9.17, 15) is 20.0 Å². The van der Waals surface area contributed by atoms with Crippen LogP contribution in [0.2, 0.25) is 0 Å². The molecule has 192 valence electrons. The minimum atomic E-state index is -0.810. The van der Waals surface area contributed by atoms with Crippen LogP contribution in [0.3, 0.4) is 0 Å². The van der Waals surface area contributed by atoms with Gasteiger partial charge in [0.1, 0.15) is 17.4 Å². The fourth-order valence-corrected chi connectivity index (χ4v) is 4.41. The fourth-order valence-electron chi connectivity index (χ4n) is 4.41. The summed E-state index contributed by atoms with van der Waals surface area (Å²) in [6, 6.07) is 9.08. The van der Waals surface area contributed by atoms with Gasteiger partial charge in [0, 0.05) is 37.0 Å². The van der Waals surface area contributed by atoms with Crippen LogP contribution < -0.4 is 15.8 Å². The molecule has 1 aliphatic rings. The Hall–Kier alpha value is -4.23. The third-order valence-electron chi connectivity index (χ3n) is 6.14. The molecule has 0 bridgehead atoms. The van der Waals surface area contributed by atoms with Crippen LogP contribution in [-0.4, -0.2) is 44.5 Å². The largest absolute Gasteiger partial charge is 0.443 e. The Morgan fingerprint density at radius 3 is 2.70 bits per heavy atom. The number of hydrogen-bond donors (Lipinski definition) is 2. The molecule has 0 aliphatic carbocycles. The number of carbonyl (C=O) groups excluding carboxylic acids is 1. The molecule has 0 fully saturated rings. The molecule has 0 saturated carbocycles. The fraction of sp³-hybridized carbons (Fsp3) is 0.370. The van der Waals surface area contributed by atoms with Crippen molar-refractivity contribution < 1.29 is 14.6 Å². The second-order valence-corrected chi connectivity index (χ2v) is 10.6. The zero-order valence-electron chi connectivity index (χ0n) is 21.8. The topological polar surface area (TPSA) is 133 Å². The average molecular weight is 503 g/mol. The molecule has 0 saturated heterocycles. The highest BCUT2D eigenvalue weighted by molar-refractivity contribution is 5.95. The van der Waals surface area contributed by atoms with E-state index in [0.29, 0.717) is 28.2 Å². The van der Waals surface area contributed by atoms with Gasteiger partial charge in [-0.05, 0) is 63.1 Å². The molecule has 1 amide bonds. The van der Waals surface area contributed by atoms with E-state index in [1.165, 1.54) is 9.47 Å². The minimum Gasteiger partial charge on any atom is -0.443 e. The number of rotatable bonds is 4. The van der Waals surface area contributed by atoms with Crippen molar-refractivity contribution in [1.82, 2.24) is 14.5 Å². The molecule has 3 aromatic rings. The Morgan fingerprint density at radius 1 is 1.32 bits per heavy atom. The third-order valence-corrected chi connectivity index (χ3v) is 6.14. The molecular formula is C27H30N6O4. The van der Waals surface area contributed by atoms with Crippen molar-refractivity contribution in [3.05, 3.63) is 63.7 Å². The van der Waals surface area contributed by atoms with Gasteiger partial charge in [-0.3, -0.25) is 9.69 Å². The predicted octanol–water partition coefficient (Wildman–Crippen LogP) is 3.77. The highest BCUT2D eigenvalue weighted by atomic mass is 16.6. The van der Waals surface area contributed by atoms with Crippen molar-refractivity contribution >= 4 is 23.4 Å². The first-order chi connectivity index (χ1) is 17.3. The normalized spacial score (nSPS) is 16.8. The van der Waals surface area contributed by atoms with Gasteiger partial charge in [-0.2, -0.15) is 5.26 Å². The lowest BCUT2D eigenvalue weighted by Crippen LogP contribution is -2.40. The lowest BCUT2D eigenvalue weighted by Gasteiger charge is -2.26. The number of aryl methyl sites for hydroxylation is 2. The molecular weight excluding hydrogens is 472 g/mol. The van der Waals surface area contributed by atoms with Gasteiger partial charge in [0.2, 0.25) is 5.95 Å². The Labute approximate surface area is 215 Å². The van der Waals surface area contributed by atoms with Crippen molar-refractivity contribution in [3.63, 3.8) is 0 Å². The van der Waals surface area contributed by atoms with Gasteiger partial charge in [0.15, 0.2) is 0 Å². The number of aromatic nitrogens is 3. The summed E-state index contributed by atoms with van der Waals surface area (Å²) in [6.45, 7) is 8.97. The number of nitriles is 1. The molecule has 1 aliphatic heterocycles. The number of nitrogens with one attached hydrogen (secondary N) is 1. The lowest BCUT2D eigenvalue weighted by molar-refractivity contribution is 0.0575. The van der Waals surface area contributed by atoms with Gasteiger partial charge >= 0.3 is 6.09 Å². The van der Waals surface area contributed by atoms with E-state index in [1.807, 2.05) is 19.9 Å². The van der Waals surface area contributed by atoms with Crippen LogP contribution in [0.5, 0.6) is 0 Å². The number of pyridine rings is 1. The molecule has 0 spiro atoms. The number of carbonyl (C=O) groups is 1. The second kappa shape index (κ2) is 9.33. The molecule has 10 heteroatoms. The summed E-state index contributed by atoms with van der Waals surface area (Å²) >= 11 is 0. The molecule has 4 rings (SSSR count). The smallest absolute Gasteiger partial charge is 0.414 e. The minimum absolute atomic E-state index is 0.166. The zero-order valence-corrected chi connectivity index (χ0v) is 21.8. The highest BCUT2D eigenvalue weighted by Crippen LogP contribution is 2.45. The number of aliphatic hydroxyl groups is 1. The molecule has 2 aromatic heterocycles. The molecule has 0 radical (unpaired) electrons. The van der Waals surface area contributed by atoms with Crippen molar-refractivity contribution in [2.45, 2.75) is 45.6 Å². The van der Waals surface area contributed by atoms with Gasteiger partial charge in [-0.25, -0.2) is 14.8 Å². The first-order valence-electron chi connectivity index (χ1n) is 11.8. The van der Waals surface area contributed by atoms with Crippen molar-refractivity contribution in [2.24, 2.45) is 7.05 Å². The quantitative estimate of drug-likeness (QED) is 0.551. The number of anilines is 3. The summed E-state index contributed by atoms with van der Waals surface area (Å²) < 4.78 is 7.05. The van der Waals surface area contributed by atoms with Crippen LogP contribution in [-0.2, 0) is 17.2 Å². The standard InChI is InChI=1S/C27H30N6O4/c1-16-9-21(23(35)32(6)13-16)31-24-29-8-7-20(30-24)17-10-18(12-28)22-19(11-17)27(5,15-34)14-33(22)25(36)37-26(2,3)4/h7-11,13,34H,14-15H2,1-6H3,(H,29,30,31). The number of ether oxygens (including phenoxy) is 1. The van der Waals surface area contributed by atoms with Gasteiger partial charge in [-0.15, -0.1) is 0 Å². The van der Waals surface area contributed by atoms with Crippen LogP contribution in [0.1, 0.15) is 44.4 Å². The first kappa shape index (κ1) is 25.9. The third kappa shape index (κ3) is 5.04. The Balaban J connectivity index is 1.78.